The lowest BCUT2D eigenvalue weighted by Crippen LogP contribution is -2.40. The molecule has 104 valence electrons. The molecule has 1 amide bonds. The van der Waals surface area contributed by atoms with Crippen LogP contribution in [0.5, 0.6) is 0 Å². The highest BCUT2D eigenvalue weighted by atomic mass is 35.5. The molecule has 1 aliphatic heterocycles. The van der Waals surface area contributed by atoms with E-state index in [-0.39, 0.29) is 16.2 Å². The first kappa shape index (κ1) is 14.3. The van der Waals surface area contributed by atoms with Gasteiger partial charge in [0, 0.05) is 24.9 Å². The summed E-state index contributed by atoms with van der Waals surface area (Å²) in [5.41, 5.74) is 0.498. The first-order chi connectivity index (χ1) is 8.88. The third-order valence-corrected chi connectivity index (χ3v) is 4.67. The van der Waals surface area contributed by atoms with Gasteiger partial charge in [0.25, 0.3) is 5.91 Å². The number of benzene rings is 1. The number of alkyl halides is 1. The van der Waals surface area contributed by atoms with Crippen LogP contribution in [-0.4, -0.2) is 43.9 Å². The lowest BCUT2D eigenvalue weighted by molar-refractivity contribution is 0.0727. The van der Waals surface area contributed by atoms with E-state index in [0.29, 0.717) is 18.7 Å². The maximum atomic E-state index is 12.2. The first-order valence-electron chi connectivity index (χ1n) is 6.11. The van der Waals surface area contributed by atoms with Crippen LogP contribution in [0.4, 0.5) is 0 Å². The van der Waals surface area contributed by atoms with E-state index >= 15 is 0 Å². The van der Waals surface area contributed by atoms with Crippen molar-refractivity contribution in [3.8, 4) is 0 Å². The summed E-state index contributed by atoms with van der Waals surface area (Å²) in [5, 5.41) is 0.00740. The molecule has 0 saturated carbocycles. The summed E-state index contributed by atoms with van der Waals surface area (Å²) in [6, 6.07) is 6.03. The second-order valence-electron chi connectivity index (χ2n) is 4.79. The number of hydrogen-bond donors (Lipinski definition) is 0. The van der Waals surface area contributed by atoms with Crippen molar-refractivity contribution in [1.82, 2.24) is 4.90 Å². The van der Waals surface area contributed by atoms with E-state index in [1.165, 1.54) is 12.1 Å². The molecule has 1 atom stereocenters. The summed E-state index contributed by atoms with van der Waals surface area (Å²) in [5.74, 6) is -0.0922. The van der Waals surface area contributed by atoms with Crippen molar-refractivity contribution >= 4 is 27.3 Å². The average Bonchev–Trinajstić information content (AvgIpc) is 2.37. The summed E-state index contributed by atoms with van der Waals surface area (Å²) in [4.78, 5) is 14.2. The van der Waals surface area contributed by atoms with Crippen molar-refractivity contribution in [3.63, 3.8) is 0 Å². The molecule has 6 heteroatoms. The molecular weight excluding hydrogens is 286 g/mol. The largest absolute Gasteiger partial charge is 0.337 e. The molecule has 1 unspecified atom stereocenters. The third kappa shape index (κ3) is 3.48. The van der Waals surface area contributed by atoms with E-state index in [2.05, 4.69) is 0 Å². The van der Waals surface area contributed by atoms with Crippen molar-refractivity contribution in [2.45, 2.75) is 23.1 Å². The van der Waals surface area contributed by atoms with Crippen LogP contribution >= 0.6 is 11.6 Å². The summed E-state index contributed by atoms with van der Waals surface area (Å²) in [7, 11) is -3.22. The van der Waals surface area contributed by atoms with Crippen molar-refractivity contribution in [2.24, 2.45) is 0 Å². The van der Waals surface area contributed by atoms with E-state index in [4.69, 9.17) is 11.6 Å². The minimum absolute atomic E-state index is 0.00740. The second-order valence-corrected chi connectivity index (χ2v) is 7.42. The highest BCUT2D eigenvalue weighted by Gasteiger charge is 2.23. The molecule has 1 heterocycles. The van der Waals surface area contributed by atoms with Crippen LogP contribution in [0.15, 0.2) is 29.2 Å². The number of carbonyl (C=O) groups excluding carboxylic acids is 1. The van der Waals surface area contributed by atoms with E-state index < -0.39 is 9.84 Å². The van der Waals surface area contributed by atoms with Crippen LogP contribution in [0.1, 0.15) is 23.2 Å². The monoisotopic (exact) mass is 301 g/mol. The number of piperidine rings is 1. The second kappa shape index (κ2) is 5.51. The predicted octanol–water partition coefficient (Wildman–Crippen LogP) is 1.93. The Morgan fingerprint density at radius 3 is 2.47 bits per heavy atom. The van der Waals surface area contributed by atoms with E-state index in [1.807, 2.05) is 0 Å². The maximum absolute atomic E-state index is 12.2. The molecule has 0 N–H and O–H groups in total. The zero-order chi connectivity index (χ0) is 14.0. The number of sulfone groups is 1. The Balaban J connectivity index is 2.16. The summed E-state index contributed by atoms with van der Waals surface area (Å²) < 4.78 is 22.7. The molecule has 4 nitrogen and oxygen atoms in total. The minimum Gasteiger partial charge on any atom is -0.337 e. The van der Waals surface area contributed by atoms with Gasteiger partial charge < -0.3 is 4.90 Å². The van der Waals surface area contributed by atoms with E-state index in [9.17, 15) is 13.2 Å². The van der Waals surface area contributed by atoms with Gasteiger partial charge in [-0.1, -0.05) is 0 Å². The van der Waals surface area contributed by atoms with Crippen molar-refractivity contribution < 1.29 is 13.2 Å². The highest BCUT2D eigenvalue weighted by Crippen LogP contribution is 2.18. The fraction of sp³-hybridized carbons (Fsp3) is 0.462. The van der Waals surface area contributed by atoms with Crippen LogP contribution < -0.4 is 0 Å². The van der Waals surface area contributed by atoms with E-state index in [0.717, 1.165) is 19.1 Å². The third-order valence-electron chi connectivity index (χ3n) is 3.18. The van der Waals surface area contributed by atoms with Crippen LogP contribution in [0.2, 0.25) is 0 Å². The fourth-order valence-corrected chi connectivity index (χ4v) is 3.09. The van der Waals surface area contributed by atoms with Gasteiger partial charge in [-0.3, -0.25) is 4.79 Å². The Bertz CT molecular complexity index is 568. The molecule has 1 saturated heterocycles. The predicted molar refractivity (Wildman–Crippen MR) is 74.3 cm³/mol. The SMILES string of the molecule is CS(=O)(=O)c1ccc(C(=O)N2CCCC(Cl)C2)cc1. The van der Waals surface area contributed by atoms with E-state index in [1.54, 1.807) is 17.0 Å². The van der Waals surface area contributed by atoms with Gasteiger partial charge in [-0.15, -0.1) is 11.6 Å². The molecule has 19 heavy (non-hydrogen) atoms. The molecular formula is C13H16ClNO3S. The zero-order valence-electron chi connectivity index (χ0n) is 10.7. The molecule has 0 radical (unpaired) electrons. The molecule has 1 fully saturated rings. The topological polar surface area (TPSA) is 54.5 Å². The quantitative estimate of drug-likeness (QED) is 0.784. The zero-order valence-corrected chi connectivity index (χ0v) is 12.2. The van der Waals surface area contributed by atoms with Crippen molar-refractivity contribution in [1.29, 1.82) is 0 Å². The summed E-state index contributed by atoms with van der Waals surface area (Å²) >= 11 is 6.05. The summed E-state index contributed by atoms with van der Waals surface area (Å²) in [6.45, 7) is 1.25. The van der Waals surface area contributed by atoms with Gasteiger partial charge in [0.1, 0.15) is 0 Å². The number of amides is 1. The molecule has 1 aromatic carbocycles. The number of rotatable bonds is 2. The Labute approximate surface area is 118 Å². The smallest absolute Gasteiger partial charge is 0.253 e. The molecule has 1 aromatic rings. The Kier molecular flexibility index (Phi) is 4.16. The maximum Gasteiger partial charge on any atom is 0.253 e. The van der Waals surface area contributed by atoms with Gasteiger partial charge in [0.05, 0.1) is 10.3 Å². The Hall–Kier alpha value is -1.07. The van der Waals surface area contributed by atoms with Crippen LogP contribution in [-0.2, 0) is 9.84 Å². The molecule has 0 aliphatic carbocycles. The normalized spacial score (nSPS) is 20.3. The lowest BCUT2D eigenvalue weighted by atomic mass is 10.1. The Morgan fingerprint density at radius 1 is 1.32 bits per heavy atom. The fourth-order valence-electron chi connectivity index (χ4n) is 2.14. The number of nitrogens with zero attached hydrogens (tertiary/aromatic N) is 1. The number of halogens is 1. The van der Waals surface area contributed by atoms with Crippen LogP contribution in [0.25, 0.3) is 0 Å². The van der Waals surface area contributed by atoms with Gasteiger partial charge in [0.15, 0.2) is 9.84 Å². The van der Waals surface area contributed by atoms with Crippen LogP contribution in [0, 0.1) is 0 Å². The number of hydrogen-bond acceptors (Lipinski definition) is 3. The molecule has 1 aliphatic rings. The lowest BCUT2D eigenvalue weighted by Gasteiger charge is -2.29. The minimum atomic E-state index is -3.22. The molecule has 2 rings (SSSR count). The van der Waals surface area contributed by atoms with Gasteiger partial charge in [-0.2, -0.15) is 0 Å². The Morgan fingerprint density at radius 2 is 1.95 bits per heavy atom. The average molecular weight is 302 g/mol. The van der Waals surface area contributed by atoms with Gasteiger partial charge >= 0.3 is 0 Å². The highest BCUT2D eigenvalue weighted by molar-refractivity contribution is 7.90. The van der Waals surface area contributed by atoms with Crippen molar-refractivity contribution in [2.75, 3.05) is 19.3 Å². The molecule has 0 spiro atoms. The standard InChI is InChI=1S/C13H16ClNO3S/c1-19(17,18)12-6-4-10(5-7-12)13(16)15-8-2-3-11(14)9-15/h4-7,11H,2-3,8-9H2,1H3. The van der Waals surface area contributed by atoms with Gasteiger partial charge in [-0.05, 0) is 37.1 Å². The molecule has 0 aromatic heterocycles. The van der Waals surface area contributed by atoms with Crippen molar-refractivity contribution in [3.05, 3.63) is 29.8 Å². The van der Waals surface area contributed by atoms with Crippen LogP contribution in [0.3, 0.4) is 0 Å². The van der Waals surface area contributed by atoms with Gasteiger partial charge in [0.2, 0.25) is 0 Å². The summed E-state index contributed by atoms with van der Waals surface area (Å²) in [6.07, 6.45) is 2.98. The first-order valence-corrected chi connectivity index (χ1v) is 8.44. The van der Waals surface area contributed by atoms with Gasteiger partial charge in [-0.25, -0.2) is 8.42 Å². The number of likely N-dealkylation sites (tertiary alicyclic amines) is 1. The number of carbonyl (C=O) groups is 1. The molecule has 0 bridgehead atoms.